The molecule has 30 aromatic rings. The normalized spacial score (nSPS) is 11.5. The highest BCUT2D eigenvalue weighted by Crippen LogP contribution is 2.48. The third-order valence-corrected chi connectivity index (χ3v) is 27.5. The first-order chi connectivity index (χ1) is 63.6. The molecule has 638 valence electrons. The average Bonchev–Trinajstić information content (AvgIpc) is 1.54. The minimum Gasteiger partial charge on any atom is -0.455 e. The number of benzene rings is 20. The Morgan fingerprint density at radius 1 is 0.173 bits per heavy atom. The van der Waals surface area contributed by atoms with E-state index in [9.17, 15) is 0 Å². The van der Waals surface area contributed by atoms with Crippen LogP contribution in [0.25, 0.3) is 239 Å². The summed E-state index contributed by atoms with van der Waals surface area (Å²) in [6.07, 6.45) is 0. The molecular weight excluding hydrogens is 1630 g/mol. The second-order valence-corrected chi connectivity index (χ2v) is 34.3. The van der Waals surface area contributed by atoms with Gasteiger partial charge in [-0.2, -0.15) is 0 Å². The maximum Gasteiger partial charge on any atom is 0.145 e. The molecule has 133 heavy (non-hydrogen) atoms. The van der Waals surface area contributed by atoms with Crippen molar-refractivity contribution in [2.75, 3.05) is 0 Å². The van der Waals surface area contributed by atoms with Crippen LogP contribution in [0.1, 0.15) is 37.1 Å². The lowest BCUT2D eigenvalue weighted by Crippen LogP contribution is -1.95. The Kier molecular flexibility index (Phi) is 21.1. The molecule has 0 N–H and O–H groups in total. The summed E-state index contributed by atoms with van der Waals surface area (Å²) in [5.41, 5.74) is 26.9. The van der Waals surface area contributed by atoms with E-state index in [-0.39, 0.29) is 37.1 Å². The standard InChI is InChI=1S/C30H20N2.C24H15NO.C24H15NS.C24H15N.C18H11N.5CH4/c1-3-11-21(12-4-1)31-27-18-10-8-16-25(27)29-28(31)20-19-24-23-15-7-9-17-26(23)32(30(24)29)22-13-5-2-6-14-22;2*1-2-8-16(9-3-1)25-20-12-6-4-11-19(20)23-21(25)15-14-18-17-10-5-7-13-22(17)26-24(18)23;1-2-8-16(9-3-1)17-14-20-18-10-4-6-12-22(18)25-23-13-7-5-11-19(23)21(15-17)24(20)25;1-3-10-16-12(6-1)14-8-5-9-15-13-7-2-4-11-17(13)19(16)18(14)15;;;;;/h1-20H;2*1-15H;1-15H;1-11H;5*1H4. The van der Waals surface area contributed by atoms with Crippen molar-refractivity contribution in [1.82, 2.24) is 27.1 Å². The first-order valence-electron chi connectivity index (χ1n) is 43.8. The first kappa shape index (κ1) is 83.1. The van der Waals surface area contributed by atoms with Crippen LogP contribution in [0.5, 0.6) is 0 Å². The molecule has 0 fully saturated rings. The average molecular weight is 1730 g/mol. The molecule has 0 aliphatic rings. The van der Waals surface area contributed by atoms with E-state index in [1.165, 1.54) is 223 Å². The van der Waals surface area contributed by atoms with Gasteiger partial charge in [-0.25, -0.2) is 0 Å². The Hall–Kier alpha value is -16.8. The summed E-state index contributed by atoms with van der Waals surface area (Å²) in [5, 5.41) is 26.0. The largest absolute Gasteiger partial charge is 0.455 e. The van der Waals surface area contributed by atoms with Crippen molar-refractivity contribution in [3.63, 3.8) is 0 Å². The van der Waals surface area contributed by atoms with E-state index in [1.54, 1.807) is 0 Å². The highest BCUT2D eigenvalue weighted by Gasteiger charge is 2.25. The molecule has 0 spiro atoms. The van der Waals surface area contributed by atoms with E-state index in [2.05, 4.69) is 476 Å². The number of fused-ring (bicyclic) bond motifs is 33. The molecule has 8 heteroatoms. The van der Waals surface area contributed by atoms with Gasteiger partial charge in [-0.05, 0) is 157 Å². The molecule has 30 rings (SSSR count). The predicted octanol–water partition coefficient (Wildman–Crippen LogP) is 36.2. The number of nitrogens with zero attached hydrogens (tertiary/aromatic N) is 6. The molecule has 10 heterocycles. The van der Waals surface area contributed by atoms with Gasteiger partial charge >= 0.3 is 0 Å². The number of aromatic nitrogens is 6. The molecule has 0 aliphatic heterocycles. The minimum atomic E-state index is 0. The fourth-order valence-electron chi connectivity index (χ4n) is 21.0. The summed E-state index contributed by atoms with van der Waals surface area (Å²) >= 11 is 1.90. The van der Waals surface area contributed by atoms with Crippen molar-refractivity contribution in [3.05, 3.63) is 461 Å². The van der Waals surface area contributed by atoms with Gasteiger partial charge in [0.25, 0.3) is 0 Å². The Bertz CT molecular complexity index is 9190. The summed E-state index contributed by atoms with van der Waals surface area (Å²) in [7, 11) is 0. The SMILES string of the molecule is C.C.C.C.C.c1ccc(-c2cc3c4ccccc4n4c5ccccc5c(c2)c34)cc1.c1ccc(-n2c3ccccc3c3c2ccc2c4ccccc4n(-c4ccccc4)c23)cc1.c1ccc(-n2c3ccccc3c3c4oc5ccccc5c4ccc32)cc1.c1ccc(-n2c3ccccc3c3c4sc5ccccc5c4ccc32)cc1.c1ccc2c(c1)c1cccc3c4ccccc4n2c13. The molecular formula is C125H96N6OS. The maximum atomic E-state index is 6.31. The number of thiophene rings is 1. The zero-order chi connectivity index (χ0) is 84.0. The second kappa shape index (κ2) is 33.7. The number of furan rings is 1. The number of hydrogen-bond donors (Lipinski definition) is 0. The zero-order valence-electron chi connectivity index (χ0n) is 69.4. The van der Waals surface area contributed by atoms with Crippen molar-refractivity contribution >= 4 is 217 Å². The Labute approximate surface area is 774 Å². The molecule has 0 atom stereocenters. The van der Waals surface area contributed by atoms with Gasteiger partial charge in [0.2, 0.25) is 0 Å². The Balaban J connectivity index is 0.0000000998. The quantitative estimate of drug-likeness (QED) is 0.169. The smallest absolute Gasteiger partial charge is 0.145 e. The van der Waals surface area contributed by atoms with Crippen molar-refractivity contribution in [1.29, 1.82) is 0 Å². The van der Waals surface area contributed by atoms with E-state index in [4.69, 9.17) is 4.42 Å². The third kappa shape index (κ3) is 12.9. The van der Waals surface area contributed by atoms with Gasteiger partial charge in [-0.1, -0.05) is 353 Å². The molecule has 0 bridgehead atoms. The van der Waals surface area contributed by atoms with Gasteiger partial charge in [-0.15, -0.1) is 11.3 Å². The molecule has 0 saturated heterocycles. The molecule has 7 nitrogen and oxygen atoms in total. The Morgan fingerprint density at radius 3 is 0.940 bits per heavy atom. The number of rotatable bonds is 5. The van der Waals surface area contributed by atoms with Crippen LogP contribution in [-0.2, 0) is 0 Å². The van der Waals surface area contributed by atoms with Gasteiger partial charge in [0, 0.05) is 134 Å². The molecule has 10 aromatic heterocycles. The Morgan fingerprint density at radius 2 is 0.474 bits per heavy atom. The van der Waals surface area contributed by atoms with Gasteiger partial charge < -0.3 is 31.5 Å². The lowest BCUT2D eigenvalue weighted by atomic mass is 9.99. The first-order valence-corrected chi connectivity index (χ1v) is 44.6. The van der Waals surface area contributed by atoms with E-state index < -0.39 is 0 Å². The second-order valence-electron chi connectivity index (χ2n) is 33.2. The van der Waals surface area contributed by atoms with Crippen molar-refractivity contribution in [2.24, 2.45) is 0 Å². The van der Waals surface area contributed by atoms with E-state index >= 15 is 0 Å². The topological polar surface area (TPSA) is 41.7 Å². The van der Waals surface area contributed by atoms with E-state index in [1.807, 2.05) is 23.5 Å². The van der Waals surface area contributed by atoms with Crippen LogP contribution in [-0.4, -0.2) is 27.1 Å². The van der Waals surface area contributed by atoms with Crippen LogP contribution < -0.4 is 0 Å². The number of hydrogen-bond acceptors (Lipinski definition) is 2. The lowest BCUT2D eigenvalue weighted by molar-refractivity contribution is 0.673. The molecule has 0 unspecified atom stereocenters. The van der Waals surface area contributed by atoms with Crippen LogP contribution in [0.15, 0.2) is 465 Å². The minimum absolute atomic E-state index is 0. The fourth-order valence-corrected chi connectivity index (χ4v) is 22.3. The highest BCUT2D eigenvalue weighted by atomic mass is 32.1. The van der Waals surface area contributed by atoms with Crippen LogP contribution in [0, 0.1) is 0 Å². The van der Waals surface area contributed by atoms with Crippen molar-refractivity contribution < 1.29 is 4.42 Å². The van der Waals surface area contributed by atoms with Gasteiger partial charge in [0.15, 0.2) is 0 Å². The lowest BCUT2D eigenvalue weighted by Gasteiger charge is -2.09. The van der Waals surface area contributed by atoms with Gasteiger partial charge in [-0.3, -0.25) is 0 Å². The molecule has 0 saturated carbocycles. The van der Waals surface area contributed by atoms with Crippen molar-refractivity contribution in [2.45, 2.75) is 37.1 Å². The predicted molar refractivity (Wildman–Crippen MR) is 578 cm³/mol. The van der Waals surface area contributed by atoms with Crippen LogP contribution in [0.3, 0.4) is 0 Å². The van der Waals surface area contributed by atoms with Crippen LogP contribution in [0.4, 0.5) is 0 Å². The molecule has 0 amide bonds. The molecule has 0 aliphatic carbocycles. The summed E-state index contributed by atoms with van der Waals surface area (Å²) < 4.78 is 23.4. The van der Waals surface area contributed by atoms with Gasteiger partial charge in [0.1, 0.15) is 11.2 Å². The molecule has 0 radical (unpaired) electrons. The molecule has 20 aromatic carbocycles. The van der Waals surface area contributed by atoms with Gasteiger partial charge in [0.05, 0.1) is 82.6 Å². The van der Waals surface area contributed by atoms with E-state index in [0.717, 1.165) is 16.9 Å². The maximum absolute atomic E-state index is 6.31. The van der Waals surface area contributed by atoms with Crippen molar-refractivity contribution in [3.8, 4) is 33.9 Å². The fraction of sp³-hybridized carbons (Fsp3) is 0.0400. The summed E-state index contributed by atoms with van der Waals surface area (Å²) in [6, 6.07) is 165. The van der Waals surface area contributed by atoms with Crippen LogP contribution in [0.2, 0.25) is 0 Å². The third-order valence-electron chi connectivity index (χ3n) is 26.3. The monoisotopic (exact) mass is 1730 g/mol. The summed E-state index contributed by atoms with van der Waals surface area (Å²) in [5.74, 6) is 0. The van der Waals surface area contributed by atoms with Crippen LogP contribution >= 0.6 is 11.3 Å². The highest BCUT2D eigenvalue weighted by molar-refractivity contribution is 7.26. The van der Waals surface area contributed by atoms with E-state index in [0.29, 0.717) is 0 Å². The zero-order valence-corrected chi connectivity index (χ0v) is 70.2. The summed E-state index contributed by atoms with van der Waals surface area (Å²) in [4.78, 5) is 0. The number of para-hydroxylation sites is 14. The summed E-state index contributed by atoms with van der Waals surface area (Å²) in [6.45, 7) is 0.